The van der Waals surface area contributed by atoms with Gasteiger partial charge in [-0.1, -0.05) is 57.0 Å². The molecule has 0 bridgehead atoms. The molecule has 0 saturated heterocycles. The Labute approximate surface area is 98.9 Å². The van der Waals surface area contributed by atoms with E-state index in [9.17, 15) is 4.79 Å². The van der Waals surface area contributed by atoms with E-state index in [1.54, 1.807) is 0 Å². The molecule has 0 amide bonds. The Bertz CT molecular complexity index is 304. The van der Waals surface area contributed by atoms with Crippen LogP contribution in [-0.4, -0.2) is 6.29 Å². The summed E-state index contributed by atoms with van der Waals surface area (Å²) in [5, 5.41) is 0. The summed E-state index contributed by atoms with van der Waals surface area (Å²) in [7, 11) is 0. The van der Waals surface area contributed by atoms with Crippen molar-refractivity contribution in [2.75, 3.05) is 0 Å². The van der Waals surface area contributed by atoms with Crippen molar-refractivity contribution in [3.63, 3.8) is 0 Å². The van der Waals surface area contributed by atoms with E-state index in [-0.39, 0.29) is 5.41 Å². The van der Waals surface area contributed by atoms with Crippen LogP contribution in [0.15, 0.2) is 30.3 Å². The Morgan fingerprint density at radius 3 is 2.44 bits per heavy atom. The summed E-state index contributed by atoms with van der Waals surface area (Å²) in [6.45, 7) is 4.25. The lowest BCUT2D eigenvalue weighted by molar-refractivity contribution is -0.116. The van der Waals surface area contributed by atoms with Gasteiger partial charge >= 0.3 is 0 Å². The standard InChI is InChI=1S/C15H22O/c1-3-4-11-15(2,13-16)12-10-14-8-6-5-7-9-14/h5-9,13H,3-4,10-12H2,1-2H3. The van der Waals surface area contributed by atoms with E-state index in [0.717, 1.165) is 38.4 Å². The Hall–Kier alpha value is -1.11. The number of carbonyl (C=O) groups excluding carboxylic acids is 1. The Morgan fingerprint density at radius 1 is 1.19 bits per heavy atom. The van der Waals surface area contributed by atoms with Gasteiger partial charge in [0.1, 0.15) is 6.29 Å². The van der Waals surface area contributed by atoms with Crippen molar-refractivity contribution in [1.82, 2.24) is 0 Å². The first-order valence-corrected chi connectivity index (χ1v) is 6.20. The van der Waals surface area contributed by atoms with Gasteiger partial charge in [-0.25, -0.2) is 0 Å². The molecule has 1 atom stereocenters. The summed E-state index contributed by atoms with van der Waals surface area (Å²) in [5.41, 5.74) is 1.19. The highest BCUT2D eigenvalue weighted by Crippen LogP contribution is 2.27. The van der Waals surface area contributed by atoms with E-state index in [1.807, 2.05) is 6.07 Å². The van der Waals surface area contributed by atoms with Gasteiger partial charge in [0, 0.05) is 5.41 Å². The maximum atomic E-state index is 11.2. The van der Waals surface area contributed by atoms with Crippen molar-refractivity contribution in [2.24, 2.45) is 5.41 Å². The average molecular weight is 218 g/mol. The number of unbranched alkanes of at least 4 members (excludes halogenated alkanes) is 1. The quantitative estimate of drug-likeness (QED) is 0.632. The Kier molecular flexibility index (Phi) is 5.24. The number of hydrogen-bond donors (Lipinski definition) is 0. The minimum atomic E-state index is -0.133. The van der Waals surface area contributed by atoms with Gasteiger partial charge < -0.3 is 4.79 Å². The summed E-state index contributed by atoms with van der Waals surface area (Å²) in [6.07, 6.45) is 6.42. The van der Waals surface area contributed by atoms with E-state index in [2.05, 4.69) is 38.1 Å². The third kappa shape index (κ3) is 4.18. The molecule has 0 aliphatic carbocycles. The molecular weight excluding hydrogens is 196 g/mol. The molecule has 0 radical (unpaired) electrons. The first-order valence-electron chi connectivity index (χ1n) is 6.20. The Balaban J connectivity index is 2.48. The van der Waals surface area contributed by atoms with Gasteiger partial charge in [0.05, 0.1) is 0 Å². The molecular formula is C15H22O. The molecule has 0 heterocycles. The molecule has 0 N–H and O–H groups in total. The molecule has 1 aromatic carbocycles. The van der Waals surface area contributed by atoms with Crippen molar-refractivity contribution in [1.29, 1.82) is 0 Å². The third-order valence-corrected chi connectivity index (χ3v) is 3.21. The number of aldehydes is 1. The van der Waals surface area contributed by atoms with Crippen LogP contribution in [0.4, 0.5) is 0 Å². The van der Waals surface area contributed by atoms with E-state index in [0.29, 0.717) is 0 Å². The van der Waals surface area contributed by atoms with Gasteiger partial charge in [-0.05, 0) is 24.8 Å². The fraction of sp³-hybridized carbons (Fsp3) is 0.533. The number of benzene rings is 1. The average Bonchev–Trinajstić information content (AvgIpc) is 2.35. The highest BCUT2D eigenvalue weighted by Gasteiger charge is 2.22. The lowest BCUT2D eigenvalue weighted by Gasteiger charge is -2.22. The minimum Gasteiger partial charge on any atom is -0.303 e. The highest BCUT2D eigenvalue weighted by molar-refractivity contribution is 5.58. The first-order chi connectivity index (χ1) is 7.70. The summed E-state index contributed by atoms with van der Waals surface area (Å²) >= 11 is 0. The van der Waals surface area contributed by atoms with Crippen LogP contribution in [0.5, 0.6) is 0 Å². The minimum absolute atomic E-state index is 0.133. The van der Waals surface area contributed by atoms with E-state index in [4.69, 9.17) is 0 Å². The van der Waals surface area contributed by atoms with Crippen molar-refractivity contribution in [2.45, 2.75) is 46.0 Å². The van der Waals surface area contributed by atoms with Gasteiger partial charge in [0.15, 0.2) is 0 Å². The van der Waals surface area contributed by atoms with Crippen molar-refractivity contribution in [3.05, 3.63) is 35.9 Å². The molecule has 0 aliphatic heterocycles. The molecule has 1 nitrogen and oxygen atoms in total. The molecule has 0 aromatic heterocycles. The van der Waals surface area contributed by atoms with E-state index >= 15 is 0 Å². The van der Waals surface area contributed by atoms with Gasteiger partial charge in [-0.15, -0.1) is 0 Å². The zero-order chi connectivity index (χ0) is 11.9. The lowest BCUT2D eigenvalue weighted by atomic mass is 9.81. The SMILES string of the molecule is CCCCC(C)(C=O)CCc1ccccc1. The second kappa shape index (κ2) is 6.47. The molecule has 1 heteroatoms. The highest BCUT2D eigenvalue weighted by atomic mass is 16.1. The van der Waals surface area contributed by atoms with Gasteiger partial charge in [-0.3, -0.25) is 0 Å². The van der Waals surface area contributed by atoms with Crippen LogP contribution in [0.1, 0.15) is 45.1 Å². The molecule has 0 aliphatic rings. The van der Waals surface area contributed by atoms with Gasteiger partial charge in [0.2, 0.25) is 0 Å². The molecule has 1 aromatic rings. The summed E-state index contributed by atoms with van der Waals surface area (Å²) in [6, 6.07) is 10.4. The largest absolute Gasteiger partial charge is 0.303 e. The van der Waals surface area contributed by atoms with Crippen LogP contribution < -0.4 is 0 Å². The van der Waals surface area contributed by atoms with Crippen LogP contribution in [0.25, 0.3) is 0 Å². The molecule has 88 valence electrons. The molecule has 0 spiro atoms. The zero-order valence-corrected chi connectivity index (χ0v) is 10.4. The number of aryl methyl sites for hydroxylation is 1. The molecule has 1 unspecified atom stereocenters. The molecule has 16 heavy (non-hydrogen) atoms. The number of hydrogen-bond acceptors (Lipinski definition) is 1. The molecule has 0 saturated carbocycles. The number of rotatable bonds is 7. The second-order valence-corrected chi connectivity index (χ2v) is 4.86. The van der Waals surface area contributed by atoms with Crippen LogP contribution in [0, 0.1) is 5.41 Å². The third-order valence-electron chi connectivity index (χ3n) is 3.21. The first kappa shape index (κ1) is 13.0. The van der Waals surface area contributed by atoms with E-state index in [1.165, 1.54) is 5.56 Å². The summed E-state index contributed by atoms with van der Waals surface area (Å²) in [5.74, 6) is 0. The van der Waals surface area contributed by atoms with E-state index < -0.39 is 0 Å². The maximum absolute atomic E-state index is 11.2. The number of carbonyl (C=O) groups is 1. The molecule has 0 fully saturated rings. The predicted octanol–water partition coefficient (Wildman–Crippen LogP) is 4.01. The zero-order valence-electron chi connectivity index (χ0n) is 10.4. The fourth-order valence-electron chi connectivity index (χ4n) is 1.90. The Morgan fingerprint density at radius 2 is 1.88 bits per heavy atom. The predicted molar refractivity (Wildman–Crippen MR) is 68.5 cm³/mol. The summed E-state index contributed by atoms with van der Waals surface area (Å²) < 4.78 is 0. The van der Waals surface area contributed by atoms with Crippen LogP contribution >= 0.6 is 0 Å². The smallest absolute Gasteiger partial charge is 0.125 e. The van der Waals surface area contributed by atoms with Crippen molar-refractivity contribution in [3.8, 4) is 0 Å². The van der Waals surface area contributed by atoms with Gasteiger partial charge in [-0.2, -0.15) is 0 Å². The fourth-order valence-corrected chi connectivity index (χ4v) is 1.90. The normalized spacial score (nSPS) is 14.4. The van der Waals surface area contributed by atoms with Crippen LogP contribution in [0.3, 0.4) is 0 Å². The second-order valence-electron chi connectivity index (χ2n) is 4.86. The van der Waals surface area contributed by atoms with Crippen molar-refractivity contribution < 1.29 is 4.79 Å². The van der Waals surface area contributed by atoms with Crippen LogP contribution in [-0.2, 0) is 11.2 Å². The summed E-state index contributed by atoms with van der Waals surface area (Å²) in [4.78, 5) is 11.2. The molecule has 1 rings (SSSR count). The van der Waals surface area contributed by atoms with Gasteiger partial charge in [0.25, 0.3) is 0 Å². The van der Waals surface area contributed by atoms with Crippen molar-refractivity contribution >= 4 is 6.29 Å². The monoisotopic (exact) mass is 218 g/mol. The lowest BCUT2D eigenvalue weighted by Crippen LogP contribution is -2.19. The van der Waals surface area contributed by atoms with Crippen LogP contribution in [0.2, 0.25) is 0 Å². The maximum Gasteiger partial charge on any atom is 0.125 e. The topological polar surface area (TPSA) is 17.1 Å².